The molecule has 8 heteroatoms. The Morgan fingerprint density at radius 1 is 0.943 bits per heavy atom. The van der Waals surface area contributed by atoms with E-state index in [1.54, 1.807) is 14.2 Å². The van der Waals surface area contributed by atoms with Gasteiger partial charge in [-0.3, -0.25) is 9.89 Å². The molecule has 1 unspecified atom stereocenters. The lowest BCUT2D eigenvalue weighted by Crippen LogP contribution is -2.26. The van der Waals surface area contributed by atoms with Crippen LogP contribution in [0.4, 0.5) is 0 Å². The molecular formula is C27H28N4O3S. The first-order valence-electron chi connectivity index (χ1n) is 11.3. The molecule has 4 aromatic rings. The summed E-state index contributed by atoms with van der Waals surface area (Å²) in [5.74, 6) is 2.20. The van der Waals surface area contributed by atoms with Crippen molar-refractivity contribution in [2.45, 2.75) is 23.2 Å². The summed E-state index contributed by atoms with van der Waals surface area (Å²) in [5.41, 5.74) is 3.11. The lowest BCUT2D eigenvalue weighted by atomic mass is 10.1. The summed E-state index contributed by atoms with van der Waals surface area (Å²) in [6.45, 7) is 0.588. The molecule has 180 valence electrons. The molecule has 0 saturated heterocycles. The highest BCUT2D eigenvalue weighted by atomic mass is 32.2. The molecule has 2 N–H and O–H groups in total. The quantitative estimate of drug-likeness (QED) is 0.287. The molecule has 0 fully saturated rings. The zero-order valence-electron chi connectivity index (χ0n) is 19.7. The summed E-state index contributed by atoms with van der Waals surface area (Å²) in [6.07, 6.45) is 1.09. The number of amides is 1. The number of benzene rings is 3. The highest BCUT2D eigenvalue weighted by Gasteiger charge is 2.20. The van der Waals surface area contributed by atoms with Crippen molar-refractivity contribution < 1.29 is 14.3 Å². The lowest BCUT2D eigenvalue weighted by molar-refractivity contribution is -0.121. The first-order valence-corrected chi connectivity index (χ1v) is 12.2. The maximum Gasteiger partial charge on any atom is 0.221 e. The van der Waals surface area contributed by atoms with Gasteiger partial charge >= 0.3 is 0 Å². The van der Waals surface area contributed by atoms with Gasteiger partial charge in [-0.25, -0.2) is 4.98 Å². The van der Waals surface area contributed by atoms with Crippen molar-refractivity contribution in [3.05, 3.63) is 90.0 Å². The molecule has 0 aliphatic rings. The number of nitrogens with one attached hydrogen (secondary N) is 2. The molecule has 1 amide bonds. The van der Waals surface area contributed by atoms with Crippen LogP contribution in [0.5, 0.6) is 11.5 Å². The smallest absolute Gasteiger partial charge is 0.221 e. The first kappa shape index (κ1) is 24.3. The van der Waals surface area contributed by atoms with Gasteiger partial charge in [0.1, 0.15) is 11.5 Å². The van der Waals surface area contributed by atoms with Crippen LogP contribution >= 0.6 is 11.8 Å². The second-order valence-corrected chi connectivity index (χ2v) is 9.03. The second-order valence-electron chi connectivity index (χ2n) is 7.86. The van der Waals surface area contributed by atoms with Crippen molar-refractivity contribution >= 4 is 17.7 Å². The summed E-state index contributed by atoms with van der Waals surface area (Å²) >= 11 is 1.46. The normalized spacial score (nSPS) is 11.6. The fourth-order valence-electron chi connectivity index (χ4n) is 3.58. The van der Waals surface area contributed by atoms with Gasteiger partial charge in [0.25, 0.3) is 0 Å². The van der Waals surface area contributed by atoms with Gasteiger partial charge in [0.05, 0.1) is 14.2 Å². The minimum absolute atomic E-state index is 0.0137. The SMILES string of the molecule is COc1ccc(-c2nc(SC(CC(=O)NCCc3ccccc3)c3ccc(OC)cc3)n[nH]2)cc1. The predicted molar refractivity (Wildman–Crippen MR) is 138 cm³/mol. The van der Waals surface area contributed by atoms with Crippen LogP contribution in [0.1, 0.15) is 22.8 Å². The molecule has 1 atom stereocenters. The summed E-state index contributed by atoms with van der Waals surface area (Å²) < 4.78 is 10.5. The van der Waals surface area contributed by atoms with Crippen molar-refractivity contribution in [1.82, 2.24) is 20.5 Å². The monoisotopic (exact) mass is 488 g/mol. The Kier molecular flexibility index (Phi) is 8.40. The van der Waals surface area contributed by atoms with Crippen LogP contribution in [0.15, 0.2) is 84.0 Å². The number of aromatic nitrogens is 3. The number of rotatable bonds is 11. The Morgan fingerprint density at radius 2 is 1.60 bits per heavy atom. The number of methoxy groups -OCH3 is 2. The average Bonchev–Trinajstić information content (AvgIpc) is 3.37. The van der Waals surface area contributed by atoms with E-state index in [1.807, 2.05) is 66.7 Å². The van der Waals surface area contributed by atoms with Gasteiger partial charge in [0.15, 0.2) is 5.82 Å². The number of carbonyl (C=O) groups is 1. The topological polar surface area (TPSA) is 89.1 Å². The number of ether oxygens (including phenoxy) is 2. The number of carbonyl (C=O) groups excluding carboxylic acids is 1. The Bertz CT molecular complexity index is 1210. The molecule has 0 aliphatic carbocycles. The highest BCUT2D eigenvalue weighted by molar-refractivity contribution is 7.99. The number of nitrogens with zero attached hydrogens (tertiary/aromatic N) is 2. The number of aromatic amines is 1. The van der Waals surface area contributed by atoms with E-state index in [4.69, 9.17) is 9.47 Å². The fourth-order valence-corrected chi connectivity index (χ4v) is 4.61. The maximum absolute atomic E-state index is 12.8. The number of hydrogen-bond donors (Lipinski definition) is 2. The van der Waals surface area contributed by atoms with E-state index in [0.29, 0.717) is 23.9 Å². The van der Waals surface area contributed by atoms with E-state index in [9.17, 15) is 4.79 Å². The van der Waals surface area contributed by atoms with Crippen molar-refractivity contribution in [1.29, 1.82) is 0 Å². The zero-order chi connectivity index (χ0) is 24.5. The summed E-state index contributed by atoms with van der Waals surface area (Å²) in [6, 6.07) is 25.5. The Morgan fingerprint density at radius 3 is 2.26 bits per heavy atom. The van der Waals surface area contributed by atoms with Gasteiger partial charge in [-0.2, -0.15) is 0 Å². The van der Waals surface area contributed by atoms with Crippen LogP contribution in [-0.4, -0.2) is 41.9 Å². The molecule has 0 radical (unpaired) electrons. The third kappa shape index (κ3) is 6.86. The van der Waals surface area contributed by atoms with Crippen molar-refractivity contribution in [3.8, 4) is 22.9 Å². The van der Waals surface area contributed by atoms with Crippen molar-refractivity contribution in [2.24, 2.45) is 0 Å². The fraction of sp³-hybridized carbons (Fsp3) is 0.222. The Labute approximate surface area is 209 Å². The van der Waals surface area contributed by atoms with Gasteiger partial charge in [-0.1, -0.05) is 54.2 Å². The standard InChI is InChI=1S/C27H28N4O3S/c1-33-22-12-8-20(9-13-22)24(18-25(32)28-17-16-19-6-4-3-5-7-19)35-27-29-26(30-31-27)21-10-14-23(34-2)15-11-21/h3-15,24H,16-18H2,1-2H3,(H,28,32)(H,29,30,31). The van der Waals surface area contributed by atoms with Gasteiger partial charge < -0.3 is 14.8 Å². The number of thioether (sulfide) groups is 1. The third-order valence-corrected chi connectivity index (χ3v) is 6.63. The molecule has 3 aromatic carbocycles. The molecule has 1 heterocycles. The van der Waals surface area contributed by atoms with Crippen LogP contribution in [-0.2, 0) is 11.2 Å². The molecule has 7 nitrogen and oxygen atoms in total. The largest absolute Gasteiger partial charge is 0.497 e. The molecule has 1 aromatic heterocycles. The van der Waals surface area contributed by atoms with Gasteiger partial charge in [-0.15, -0.1) is 5.10 Å². The van der Waals surface area contributed by atoms with Crippen LogP contribution in [0.2, 0.25) is 0 Å². The molecule has 0 aliphatic heterocycles. The first-order chi connectivity index (χ1) is 17.1. The Balaban J connectivity index is 1.44. The van der Waals surface area contributed by atoms with Gasteiger partial charge in [0, 0.05) is 23.8 Å². The lowest BCUT2D eigenvalue weighted by Gasteiger charge is -2.16. The van der Waals surface area contributed by atoms with E-state index >= 15 is 0 Å². The van der Waals surface area contributed by atoms with Crippen LogP contribution < -0.4 is 14.8 Å². The molecule has 35 heavy (non-hydrogen) atoms. The predicted octanol–water partition coefficient (Wildman–Crippen LogP) is 5.07. The number of H-pyrrole nitrogens is 1. The van der Waals surface area contributed by atoms with Crippen molar-refractivity contribution in [2.75, 3.05) is 20.8 Å². The highest BCUT2D eigenvalue weighted by Crippen LogP contribution is 2.37. The Hall–Kier alpha value is -3.78. The maximum atomic E-state index is 12.8. The van der Waals surface area contributed by atoms with Gasteiger partial charge in [-0.05, 0) is 53.9 Å². The van der Waals surface area contributed by atoms with E-state index in [1.165, 1.54) is 17.3 Å². The minimum Gasteiger partial charge on any atom is -0.497 e. The minimum atomic E-state index is -0.155. The van der Waals surface area contributed by atoms with E-state index in [-0.39, 0.29) is 11.2 Å². The van der Waals surface area contributed by atoms with E-state index in [0.717, 1.165) is 29.0 Å². The summed E-state index contributed by atoms with van der Waals surface area (Å²) in [7, 11) is 3.27. The van der Waals surface area contributed by atoms with Gasteiger partial charge in [0.2, 0.25) is 11.1 Å². The van der Waals surface area contributed by atoms with E-state index < -0.39 is 0 Å². The molecule has 0 bridgehead atoms. The van der Waals surface area contributed by atoms with Crippen LogP contribution in [0.25, 0.3) is 11.4 Å². The molecule has 0 saturated carbocycles. The third-order valence-electron chi connectivity index (χ3n) is 5.51. The summed E-state index contributed by atoms with van der Waals surface area (Å²) in [5, 5.41) is 10.8. The van der Waals surface area contributed by atoms with E-state index in [2.05, 4.69) is 32.6 Å². The van der Waals surface area contributed by atoms with Crippen molar-refractivity contribution in [3.63, 3.8) is 0 Å². The van der Waals surface area contributed by atoms with Crippen LogP contribution in [0.3, 0.4) is 0 Å². The second kappa shape index (κ2) is 12.1. The zero-order valence-corrected chi connectivity index (χ0v) is 20.5. The molecule has 0 spiro atoms. The molecular weight excluding hydrogens is 460 g/mol. The van der Waals surface area contributed by atoms with Crippen LogP contribution in [0, 0.1) is 0 Å². The average molecular weight is 489 g/mol. The number of hydrogen-bond acceptors (Lipinski definition) is 6. The molecule has 4 rings (SSSR count). The summed E-state index contributed by atoms with van der Waals surface area (Å²) in [4.78, 5) is 17.5.